The van der Waals surface area contributed by atoms with Crippen molar-refractivity contribution in [3.8, 4) is 0 Å². The van der Waals surface area contributed by atoms with Gasteiger partial charge in [0, 0.05) is 6.42 Å². The van der Waals surface area contributed by atoms with Crippen molar-refractivity contribution in [3.05, 3.63) is 36.5 Å². The zero-order valence-corrected chi connectivity index (χ0v) is 40.1. The van der Waals surface area contributed by atoms with Gasteiger partial charge in [0.15, 0.2) is 0 Å². The van der Waals surface area contributed by atoms with Crippen LogP contribution in [0.3, 0.4) is 0 Å². The molecule has 0 saturated heterocycles. The number of rotatable bonds is 47. The van der Waals surface area contributed by atoms with Gasteiger partial charge in [0.25, 0.3) is 0 Å². The lowest BCUT2D eigenvalue weighted by Gasteiger charge is -2.24. The summed E-state index contributed by atoms with van der Waals surface area (Å²) in [6, 6.07) is -0.703. The van der Waals surface area contributed by atoms with Crippen molar-refractivity contribution in [2.75, 3.05) is 6.61 Å². The Hall–Kier alpha value is -1.92. The lowest BCUT2D eigenvalue weighted by Crippen LogP contribution is -2.46. The molecule has 1 amide bonds. The SMILES string of the molecule is CC/C=C/C/C=C/CCCCCCCC(CC(=O)NC(CO)C(O)CCCCCCCCCCCC)OC(=O)CCCCCCCCCCC/C=C/CCCCCCCC. The van der Waals surface area contributed by atoms with Crippen LogP contribution in [0.1, 0.15) is 271 Å². The normalized spacial score (nSPS) is 13.5. The van der Waals surface area contributed by atoms with E-state index in [0.717, 1.165) is 77.0 Å². The molecule has 0 fully saturated rings. The van der Waals surface area contributed by atoms with Crippen molar-refractivity contribution in [1.82, 2.24) is 5.32 Å². The zero-order chi connectivity index (χ0) is 43.8. The van der Waals surface area contributed by atoms with Crippen LogP contribution in [0.4, 0.5) is 0 Å². The van der Waals surface area contributed by atoms with Gasteiger partial charge in [0.05, 0.1) is 25.2 Å². The molecule has 60 heavy (non-hydrogen) atoms. The quantitative estimate of drug-likeness (QED) is 0.0322. The Morgan fingerprint density at radius 1 is 0.500 bits per heavy atom. The van der Waals surface area contributed by atoms with E-state index in [1.54, 1.807) is 0 Å². The van der Waals surface area contributed by atoms with E-state index in [1.165, 1.54) is 148 Å². The van der Waals surface area contributed by atoms with Crippen molar-refractivity contribution in [2.45, 2.75) is 289 Å². The second-order valence-corrected chi connectivity index (χ2v) is 17.9. The lowest BCUT2D eigenvalue weighted by atomic mass is 10.0. The first-order chi connectivity index (χ1) is 29.5. The van der Waals surface area contributed by atoms with E-state index in [4.69, 9.17) is 4.74 Å². The van der Waals surface area contributed by atoms with Gasteiger partial charge >= 0.3 is 5.97 Å². The third kappa shape index (κ3) is 42.8. The molecule has 0 saturated carbocycles. The molecule has 3 unspecified atom stereocenters. The highest BCUT2D eigenvalue weighted by atomic mass is 16.5. The Morgan fingerprint density at radius 3 is 1.37 bits per heavy atom. The summed E-state index contributed by atoms with van der Waals surface area (Å²) in [4.78, 5) is 26.1. The minimum absolute atomic E-state index is 0.0694. The number of unbranched alkanes of at least 4 members (excludes halogenated alkanes) is 29. The molecule has 3 atom stereocenters. The van der Waals surface area contributed by atoms with Crippen molar-refractivity contribution in [1.29, 1.82) is 0 Å². The van der Waals surface area contributed by atoms with Gasteiger partial charge in [-0.2, -0.15) is 0 Å². The van der Waals surface area contributed by atoms with E-state index >= 15 is 0 Å². The highest BCUT2D eigenvalue weighted by Crippen LogP contribution is 2.18. The van der Waals surface area contributed by atoms with Crippen LogP contribution < -0.4 is 5.32 Å². The summed E-state index contributed by atoms with van der Waals surface area (Å²) >= 11 is 0. The molecule has 0 aliphatic heterocycles. The van der Waals surface area contributed by atoms with Crippen LogP contribution in [0.5, 0.6) is 0 Å². The molecule has 6 heteroatoms. The minimum atomic E-state index is -0.788. The molecule has 0 rings (SSSR count). The molecule has 0 bridgehead atoms. The van der Waals surface area contributed by atoms with Gasteiger partial charge in [-0.25, -0.2) is 0 Å². The number of esters is 1. The van der Waals surface area contributed by atoms with Gasteiger partial charge in [0.2, 0.25) is 5.91 Å². The fourth-order valence-corrected chi connectivity index (χ4v) is 7.99. The van der Waals surface area contributed by atoms with Crippen molar-refractivity contribution >= 4 is 11.9 Å². The maximum Gasteiger partial charge on any atom is 0.306 e. The first kappa shape index (κ1) is 58.1. The van der Waals surface area contributed by atoms with E-state index in [-0.39, 0.29) is 24.9 Å². The molecule has 0 aliphatic rings. The van der Waals surface area contributed by atoms with Crippen LogP contribution in [0.2, 0.25) is 0 Å². The third-order valence-corrected chi connectivity index (χ3v) is 12.0. The predicted molar refractivity (Wildman–Crippen MR) is 259 cm³/mol. The van der Waals surface area contributed by atoms with Crippen LogP contribution in [0.15, 0.2) is 36.5 Å². The fraction of sp³-hybridized carbons (Fsp3) is 0.852. The number of carbonyl (C=O) groups excluding carboxylic acids is 2. The molecular weight excluding hydrogens is 743 g/mol. The minimum Gasteiger partial charge on any atom is -0.462 e. The molecule has 0 aromatic carbocycles. The highest BCUT2D eigenvalue weighted by molar-refractivity contribution is 5.77. The van der Waals surface area contributed by atoms with Crippen LogP contribution >= 0.6 is 0 Å². The van der Waals surface area contributed by atoms with Crippen LogP contribution in [-0.2, 0) is 14.3 Å². The van der Waals surface area contributed by atoms with E-state index in [1.807, 2.05) is 0 Å². The molecule has 0 aliphatic carbocycles. The molecule has 0 radical (unpaired) electrons. The maximum atomic E-state index is 13.2. The fourth-order valence-electron chi connectivity index (χ4n) is 7.99. The summed E-state index contributed by atoms with van der Waals surface area (Å²) in [5.74, 6) is -0.483. The molecular formula is C54H101NO5. The number of aliphatic hydroxyl groups is 2. The van der Waals surface area contributed by atoms with Crippen LogP contribution in [-0.4, -0.2) is 46.9 Å². The summed E-state index contributed by atoms with van der Waals surface area (Å²) in [5.41, 5.74) is 0. The number of hydrogen-bond acceptors (Lipinski definition) is 5. The van der Waals surface area contributed by atoms with Crippen LogP contribution in [0, 0.1) is 0 Å². The third-order valence-electron chi connectivity index (χ3n) is 12.0. The first-order valence-electron chi connectivity index (χ1n) is 26.2. The first-order valence-corrected chi connectivity index (χ1v) is 26.2. The van der Waals surface area contributed by atoms with E-state index in [0.29, 0.717) is 19.3 Å². The Kier molecular flexibility index (Phi) is 46.6. The van der Waals surface area contributed by atoms with Gasteiger partial charge in [-0.05, 0) is 77.0 Å². The summed E-state index contributed by atoms with van der Waals surface area (Å²) in [7, 11) is 0. The predicted octanol–water partition coefficient (Wildman–Crippen LogP) is 15.7. The second-order valence-electron chi connectivity index (χ2n) is 17.9. The number of amides is 1. The van der Waals surface area contributed by atoms with Crippen molar-refractivity contribution in [2.24, 2.45) is 0 Å². The molecule has 0 spiro atoms. The number of allylic oxidation sites excluding steroid dienone is 6. The van der Waals surface area contributed by atoms with E-state index in [2.05, 4.69) is 62.5 Å². The molecule has 3 N–H and O–H groups in total. The van der Waals surface area contributed by atoms with Crippen molar-refractivity contribution in [3.63, 3.8) is 0 Å². The Morgan fingerprint density at radius 2 is 0.900 bits per heavy atom. The highest BCUT2D eigenvalue weighted by Gasteiger charge is 2.24. The summed E-state index contributed by atoms with van der Waals surface area (Å²) in [6.45, 7) is 6.37. The Labute approximate surface area is 373 Å². The average molecular weight is 844 g/mol. The second kappa shape index (κ2) is 48.1. The van der Waals surface area contributed by atoms with Gasteiger partial charge < -0.3 is 20.3 Å². The van der Waals surface area contributed by atoms with Gasteiger partial charge in [-0.1, -0.05) is 218 Å². The number of hydrogen-bond donors (Lipinski definition) is 3. The largest absolute Gasteiger partial charge is 0.462 e. The number of nitrogens with one attached hydrogen (secondary N) is 1. The number of ether oxygens (including phenoxy) is 1. The Bertz CT molecular complexity index is 993. The molecule has 0 heterocycles. The number of carbonyl (C=O) groups is 2. The summed E-state index contributed by atoms with van der Waals surface area (Å²) in [6.07, 6.45) is 56.4. The average Bonchev–Trinajstić information content (AvgIpc) is 3.24. The lowest BCUT2D eigenvalue weighted by molar-refractivity contribution is -0.151. The Balaban J connectivity index is 4.49. The maximum absolute atomic E-state index is 13.2. The molecule has 352 valence electrons. The van der Waals surface area contributed by atoms with E-state index < -0.39 is 18.2 Å². The van der Waals surface area contributed by atoms with Crippen LogP contribution in [0.25, 0.3) is 0 Å². The topological polar surface area (TPSA) is 95.9 Å². The molecule has 6 nitrogen and oxygen atoms in total. The zero-order valence-electron chi connectivity index (χ0n) is 40.1. The standard InChI is InChI=1S/C54H101NO5/c1-4-7-10-13-16-19-22-24-25-26-27-28-29-30-32-35-38-41-44-47-54(59)60-50(45-42-39-36-33-31-23-20-17-14-11-8-5-2)48-53(58)55-51(49-56)52(57)46-43-40-37-34-21-18-15-12-9-6-3/h8,11,17,20,24-25,50-52,56-57H,4-7,9-10,12-16,18-19,21-23,26-49H2,1-3H3,(H,55,58)/b11-8+,20-17+,25-24+. The smallest absolute Gasteiger partial charge is 0.306 e. The van der Waals surface area contributed by atoms with Gasteiger partial charge in [0.1, 0.15) is 6.10 Å². The summed E-state index contributed by atoms with van der Waals surface area (Å²) in [5, 5.41) is 23.7. The monoisotopic (exact) mass is 844 g/mol. The summed E-state index contributed by atoms with van der Waals surface area (Å²) < 4.78 is 5.93. The number of aliphatic hydroxyl groups excluding tert-OH is 2. The molecule has 0 aromatic rings. The van der Waals surface area contributed by atoms with Gasteiger partial charge in [-0.15, -0.1) is 0 Å². The van der Waals surface area contributed by atoms with Gasteiger partial charge in [-0.3, -0.25) is 9.59 Å². The van der Waals surface area contributed by atoms with E-state index in [9.17, 15) is 19.8 Å². The molecule has 0 aromatic heterocycles. The van der Waals surface area contributed by atoms with Crippen molar-refractivity contribution < 1.29 is 24.5 Å².